The molecule has 0 amide bonds. The van der Waals surface area contributed by atoms with Gasteiger partial charge in [-0.15, -0.1) is 0 Å². The number of aromatic nitrogens is 2. The molecule has 0 aliphatic heterocycles. The fourth-order valence-electron chi connectivity index (χ4n) is 1.26. The van der Waals surface area contributed by atoms with Gasteiger partial charge in [-0.2, -0.15) is 0 Å². The average molecular weight is 203 g/mol. The summed E-state index contributed by atoms with van der Waals surface area (Å²) in [6.45, 7) is 4.45. The second kappa shape index (κ2) is 4.13. The van der Waals surface area contributed by atoms with E-state index in [4.69, 9.17) is 4.42 Å². The van der Waals surface area contributed by atoms with Crippen LogP contribution in [0.5, 0.6) is 0 Å². The minimum atomic E-state index is 0.596. The van der Waals surface area contributed by atoms with Crippen molar-refractivity contribution in [3.8, 4) is 0 Å². The first-order chi connectivity index (χ1) is 7.25. The first kappa shape index (κ1) is 9.71. The van der Waals surface area contributed by atoms with Crippen LogP contribution in [0.25, 0.3) is 0 Å². The Morgan fingerprint density at radius 1 is 1.27 bits per heavy atom. The van der Waals surface area contributed by atoms with Gasteiger partial charge >= 0.3 is 0 Å². The molecule has 78 valence electrons. The molecule has 0 radical (unpaired) electrons. The molecule has 4 nitrogen and oxygen atoms in total. The van der Waals surface area contributed by atoms with Crippen LogP contribution in [0.4, 0.5) is 5.69 Å². The van der Waals surface area contributed by atoms with Crippen LogP contribution >= 0.6 is 0 Å². The van der Waals surface area contributed by atoms with Gasteiger partial charge in [-0.1, -0.05) is 0 Å². The third-order valence-electron chi connectivity index (χ3n) is 2.20. The number of nitrogens with zero attached hydrogens (tertiary/aromatic N) is 2. The van der Waals surface area contributed by atoms with Crippen LogP contribution < -0.4 is 5.32 Å². The molecule has 0 atom stereocenters. The number of anilines is 1. The van der Waals surface area contributed by atoms with E-state index in [0.29, 0.717) is 12.4 Å². The minimum Gasteiger partial charge on any atom is -0.444 e. The predicted octanol–water partition coefficient (Wildman–Crippen LogP) is 2.30. The van der Waals surface area contributed by atoms with Gasteiger partial charge < -0.3 is 9.73 Å². The van der Waals surface area contributed by atoms with Crippen LogP contribution in [-0.2, 0) is 6.54 Å². The van der Waals surface area contributed by atoms with Gasteiger partial charge in [0.05, 0.1) is 12.2 Å². The van der Waals surface area contributed by atoms with Crippen LogP contribution in [0, 0.1) is 13.8 Å². The summed E-state index contributed by atoms with van der Waals surface area (Å²) in [5.41, 5.74) is 1.96. The zero-order chi connectivity index (χ0) is 10.7. The Morgan fingerprint density at radius 3 is 2.60 bits per heavy atom. The van der Waals surface area contributed by atoms with Crippen LogP contribution in [-0.4, -0.2) is 9.97 Å². The van der Waals surface area contributed by atoms with E-state index in [2.05, 4.69) is 15.3 Å². The van der Waals surface area contributed by atoms with E-state index in [9.17, 15) is 0 Å². The molecule has 0 bridgehead atoms. The highest BCUT2D eigenvalue weighted by molar-refractivity contribution is 5.40. The maximum Gasteiger partial charge on any atom is 0.213 e. The summed E-state index contributed by atoms with van der Waals surface area (Å²) >= 11 is 0. The van der Waals surface area contributed by atoms with E-state index in [1.807, 2.05) is 26.0 Å². The van der Waals surface area contributed by atoms with Gasteiger partial charge in [-0.3, -0.25) is 4.98 Å². The maximum atomic E-state index is 5.45. The number of oxazole rings is 1. The summed E-state index contributed by atoms with van der Waals surface area (Å²) < 4.78 is 5.45. The Bertz CT molecular complexity index is 417. The molecule has 0 aromatic carbocycles. The van der Waals surface area contributed by atoms with E-state index in [-0.39, 0.29) is 0 Å². The van der Waals surface area contributed by atoms with Crippen molar-refractivity contribution in [2.24, 2.45) is 0 Å². The van der Waals surface area contributed by atoms with E-state index in [0.717, 1.165) is 17.1 Å². The smallest absolute Gasteiger partial charge is 0.213 e. The molecule has 0 aliphatic rings. The molecule has 0 aliphatic carbocycles. The van der Waals surface area contributed by atoms with Gasteiger partial charge in [0.2, 0.25) is 5.89 Å². The van der Waals surface area contributed by atoms with Crippen LogP contribution in [0.15, 0.2) is 28.9 Å². The zero-order valence-corrected chi connectivity index (χ0v) is 8.82. The highest BCUT2D eigenvalue weighted by atomic mass is 16.4. The van der Waals surface area contributed by atoms with Crippen molar-refractivity contribution < 1.29 is 4.42 Å². The molecule has 0 spiro atoms. The van der Waals surface area contributed by atoms with Crippen molar-refractivity contribution in [2.75, 3.05) is 5.32 Å². The summed E-state index contributed by atoms with van der Waals surface area (Å²) in [6.07, 6.45) is 3.49. The van der Waals surface area contributed by atoms with Gasteiger partial charge in [0, 0.05) is 18.1 Å². The van der Waals surface area contributed by atoms with Crippen molar-refractivity contribution in [3.63, 3.8) is 0 Å². The van der Waals surface area contributed by atoms with Crippen LogP contribution in [0.2, 0.25) is 0 Å². The topological polar surface area (TPSA) is 51.0 Å². The first-order valence-corrected chi connectivity index (χ1v) is 4.82. The van der Waals surface area contributed by atoms with Crippen molar-refractivity contribution in [1.29, 1.82) is 0 Å². The quantitative estimate of drug-likeness (QED) is 0.831. The second-order valence-electron chi connectivity index (χ2n) is 3.34. The third kappa shape index (κ3) is 2.34. The summed E-state index contributed by atoms with van der Waals surface area (Å²) in [5.74, 6) is 1.59. The molecule has 2 aromatic heterocycles. The first-order valence-electron chi connectivity index (χ1n) is 4.82. The summed E-state index contributed by atoms with van der Waals surface area (Å²) in [5, 5.41) is 3.21. The molecule has 15 heavy (non-hydrogen) atoms. The third-order valence-corrected chi connectivity index (χ3v) is 2.20. The molecular weight excluding hydrogens is 190 g/mol. The fourth-order valence-corrected chi connectivity index (χ4v) is 1.26. The lowest BCUT2D eigenvalue weighted by molar-refractivity contribution is 0.478. The highest BCUT2D eigenvalue weighted by Crippen LogP contribution is 2.10. The van der Waals surface area contributed by atoms with Crippen molar-refractivity contribution in [2.45, 2.75) is 20.4 Å². The highest BCUT2D eigenvalue weighted by Gasteiger charge is 2.04. The normalized spacial score (nSPS) is 10.3. The largest absolute Gasteiger partial charge is 0.444 e. The van der Waals surface area contributed by atoms with Gasteiger partial charge in [-0.05, 0) is 26.0 Å². The number of hydrogen-bond donors (Lipinski definition) is 1. The molecule has 4 heteroatoms. The van der Waals surface area contributed by atoms with Gasteiger partial charge in [0.1, 0.15) is 5.76 Å². The lowest BCUT2D eigenvalue weighted by atomic mass is 10.4. The fraction of sp³-hybridized carbons (Fsp3) is 0.273. The Labute approximate surface area is 88.4 Å². The summed E-state index contributed by atoms with van der Waals surface area (Å²) in [6, 6.07) is 3.81. The molecule has 2 rings (SSSR count). The molecule has 0 fully saturated rings. The molecule has 2 heterocycles. The Morgan fingerprint density at radius 2 is 2.00 bits per heavy atom. The minimum absolute atomic E-state index is 0.596. The number of hydrogen-bond acceptors (Lipinski definition) is 4. The zero-order valence-electron chi connectivity index (χ0n) is 8.82. The van der Waals surface area contributed by atoms with E-state index in [1.165, 1.54) is 0 Å². The lowest BCUT2D eigenvalue weighted by Crippen LogP contribution is -1.99. The summed E-state index contributed by atoms with van der Waals surface area (Å²) in [4.78, 5) is 8.22. The molecule has 1 N–H and O–H groups in total. The van der Waals surface area contributed by atoms with Crippen molar-refractivity contribution in [3.05, 3.63) is 41.9 Å². The Balaban J connectivity index is 1.99. The Hall–Kier alpha value is -1.84. The van der Waals surface area contributed by atoms with Crippen LogP contribution in [0.3, 0.4) is 0 Å². The maximum absolute atomic E-state index is 5.45. The number of nitrogens with one attached hydrogen (secondary N) is 1. The number of rotatable bonds is 3. The molecule has 0 unspecified atom stereocenters. The van der Waals surface area contributed by atoms with Crippen molar-refractivity contribution in [1.82, 2.24) is 9.97 Å². The second-order valence-corrected chi connectivity index (χ2v) is 3.34. The van der Waals surface area contributed by atoms with E-state index >= 15 is 0 Å². The van der Waals surface area contributed by atoms with Gasteiger partial charge in [0.25, 0.3) is 0 Å². The average Bonchev–Trinajstić information content (AvgIpc) is 2.57. The monoisotopic (exact) mass is 203 g/mol. The van der Waals surface area contributed by atoms with Crippen LogP contribution in [0.1, 0.15) is 17.3 Å². The van der Waals surface area contributed by atoms with E-state index < -0.39 is 0 Å². The van der Waals surface area contributed by atoms with Crippen molar-refractivity contribution >= 4 is 5.69 Å². The lowest BCUT2D eigenvalue weighted by Gasteiger charge is -2.01. The molecule has 0 saturated carbocycles. The predicted molar refractivity (Wildman–Crippen MR) is 57.5 cm³/mol. The molecule has 2 aromatic rings. The van der Waals surface area contributed by atoms with Gasteiger partial charge in [0.15, 0.2) is 0 Å². The molecule has 0 saturated heterocycles. The molecular formula is C11H13N3O. The number of aryl methyl sites for hydroxylation is 2. The SMILES string of the molecule is Cc1nc(CNc2ccncc2)oc1C. The summed E-state index contributed by atoms with van der Waals surface area (Å²) in [7, 11) is 0. The Kier molecular flexibility index (Phi) is 2.67. The standard InChI is InChI=1S/C11H13N3O/c1-8-9(2)15-11(14-8)7-13-10-3-5-12-6-4-10/h3-6H,7H2,1-2H3,(H,12,13). The number of pyridine rings is 1. The van der Waals surface area contributed by atoms with Gasteiger partial charge in [-0.25, -0.2) is 4.98 Å². The van der Waals surface area contributed by atoms with E-state index in [1.54, 1.807) is 12.4 Å².